The quantitative estimate of drug-likeness (QED) is 0.622. The van der Waals surface area contributed by atoms with Crippen LogP contribution in [0.3, 0.4) is 0 Å². The Morgan fingerprint density at radius 3 is 2.54 bits per heavy atom. The summed E-state index contributed by atoms with van der Waals surface area (Å²) in [5.41, 5.74) is 1.55. The Morgan fingerprint density at radius 1 is 1.19 bits per heavy atom. The maximum Gasteiger partial charge on any atom is 0.207 e. The molecule has 0 aliphatic carbocycles. The molecule has 4 N–H and O–H groups in total. The van der Waals surface area contributed by atoms with Crippen LogP contribution >= 0.6 is 11.9 Å². The van der Waals surface area contributed by atoms with E-state index in [2.05, 4.69) is 30.8 Å². The van der Waals surface area contributed by atoms with E-state index in [4.69, 9.17) is 5.14 Å². The van der Waals surface area contributed by atoms with Gasteiger partial charge in [0.1, 0.15) is 0 Å². The number of hydrogen-bond donors (Lipinski definition) is 3. The van der Waals surface area contributed by atoms with Crippen LogP contribution in [0.2, 0.25) is 0 Å². The maximum atomic E-state index is 13.0. The number of rotatable bonds is 5. The number of nitrogens with two attached hydrogens (primary N) is 1. The molecule has 0 bridgehead atoms. The van der Waals surface area contributed by atoms with Gasteiger partial charge in [0, 0.05) is 31.9 Å². The van der Waals surface area contributed by atoms with Gasteiger partial charge in [-0.05, 0) is 48.6 Å². The molecular formula is C15H21N7O2S2. The molecule has 2 aliphatic heterocycles. The molecule has 0 saturated carbocycles. The number of H-pyrrole nitrogens is 1. The third kappa shape index (κ3) is 2.98. The summed E-state index contributed by atoms with van der Waals surface area (Å²) in [5.74, 6) is 0.363. The molecule has 1 aromatic carbocycles. The Kier molecular flexibility index (Phi) is 4.86. The van der Waals surface area contributed by atoms with Crippen LogP contribution in [0.1, 0.15) is 19.3 Å². The Hall–Kier alpha value is -1.69. The molecule has 2 saturated heterocycles. The summed E-state index contributed by atoms with van der Waals surface area (Å²) in [5, 5.41) is 22.8. The number of nitrogens with zero attached hydrogens (tertiary/aromatic N) is 4. The molecule has 0 unspecified atom stereocenters. The molecule has 26 heavy (non-hydrogen) atoms. The van der Waals surface area contributed by atoms with Gasteiger partial charge in [-0.2, -0.15) is 5.21 Å². The lowest BCUT2D eigenvalue weighted by Crippen LogP contribution is -2.51. The average Bonchev–Trinajstić information content (AvgIpc) is 3.13. The highest BCUT2D eigenvalue weighted by Gasteiger charge is 2.36. The van der Waals surface area contributed by atoms with Crippen molar-refractivity contribution in [3.05, 3.63) is 12.1 Å². The Morgan fingerprint density at radius 2 is 1.96 bits per heavy atom. The minimum Gasteiger partial charge on any atom is -0.371 e. The molecule has 0 spiro atoms. The third-order valence-electron chi connectivity index (χ3n) is 4.97. The highest BCUT2D eigenvalue weighted by molar-refractivity contribution is 7.98. The number of nitrogens with one attached hydrogen (secondary N) is 2. The van der Waals surface area contributed by atoms with E-state index in [9.17, 15) is 8.42 Å². The van der Waals surface area contributed by atoms with E-state index in [1.165, 1.54) is 6.42 Å². The normalized spacial score (nSPS) is 18.7. The first-order chi connectivity index (χ1) is 12.6. The first-order valence-electron chi connectivity index (χ1n) is 8.60. The SMILES string of the molecule is NSc1c(S(=O)(=O)C2CNC2)ccc(N2CCCCC2)c1-c1nn[nH]n1. The minimum absolute atomic E-state index is 0.247. The van der Waals surface area contributed by atoms with Crippen molar-refractivity contribution >= 4 is 27.5 Å². The average molecular weight is 396 g/mol. The van der Waals surface area contributed by atoms with E-state index in [0.717, 1.165) is 43.6 Å². The summed E-state index contributed by atoms with van der Waals surface area (Å²) in [7, 11) is -3.47. The standard InChI is InChI=1S/C15H21N7O2S2/c16-25-14-12(26(23,24)10-8-17-9-10)5-4-11(22-6-2-1-3-7-22)13(14)15-18-20-21-19-15/h4-5,10,17H,1-3,6-9,16H2,(H,18,19,20,21). The molecular weight excluding hydrogens is 374 g/mol. The number of hydrogen-bond acceptors (Lipinski definition) is 9. The first kappa shape index (κ1) is 17.7. The monoisotopic (exact) mass is 395 g/mol. The second-order valence-electron chi connectivity index (χ2n) is 6.51. The lowest BCUT2D eigenvalue weighted by molar-refractivity contribution is 0.494. The Labute approximate surface area is 156 Å². The van der Waals surface area contributed by atoms with Gasteiger partial charge < -0.3 is 10.2 Å². The lowest BCUT2D eigenvalue weighted by Gasteiger charge is -2.32. The fraction of sp³-hybridized carbons (Fsp3) is 0.533. The minimum atomic E-state index is -3.47. The van der Waals surface area contributed by atoms with Crippen molar-refractivity contribution < 1.29 is 8.42 Å². The number of benzene rings is 1. The topological polar surface area (TPSA) is 130 Å². The predicted octanol–water partition coefficient (Wildman–Crippen LogP) is 0.568. The highest BCUT2D eigenvalue weighted by Crippen LogP contribution is 2.41. The largest absolute Gasteiger partial charge is 0.371 e. The van der Waals surface area contributed by atoms with Crippen LogP contribution in [0.25, 0.3) is 11.4 Å². The van der Waals surface area contributed by atoms with Crippen molar-refractivity contribution in [1.29, 1.82) is 0 Å². The van der Waals surface area contributed by atoms with Crippen LogP contribution in [0.15, 0.2) is 21.9 Å². The van der Waals surface area contributed by atoms with E-state index in [1.54, 1.807) is 6.07 Å². The van der Waals surface area contributed by atoms with Crippen molar-refractivity contribution in [3.8, 4) is 11.4 Å². The zero-order chi connectivity index (χ0) is 18.1. The van der Waals surface area contributed by atoms with Gasteiger partial charge in [0.2, 0.25) is 5.82 Å². The van der Waals surface area contributed by atoms with Gasteiger partial charge in [-0.1, -0.05) is 0 Å². The number of aromatic amines is 1. The summed E-state index contributed by atoms with van der Waals surface area (Å²) in [6.07, 6.45) is 3.41. The van der Waals surface area contributed by atoms with E-state index < -0.39 is 15.1 Å². The molecule has 3 heterocycles. The molecule has 140 valence electrons. The zero-order valence-corrected chi connectivity index (χ0v) is 15.8. The highest BCUT2D eigenvalue weighted by atomic mass is 32.2. The molecule has 2 aliphatic rings. The van der Waals surface area contributed by atoms with Crippen molar-refractivity contribution in [2.24, 2.45) is 5.14 Å². The number of aromatic nitrogens is 4. The van der Waals surface area contributed by atoms with E-state index in [-0.39, 0.29) is 4.90 Å². The molecule has 0 radical (unpaired) electrons. The van der Waals surface area contributed by atoms with Crippen molar-refractivity contribution in [2.45, 2.75) is 34.3 Å². The molecule has 11 heteroatoms. The second kappa shape index (κ2) is 7.14. The summed E-state index contributed by atoms with van der Waals surface area (Å²) in [4.78, 5) is 2.98. The molecule has 0 amide bonds. The van der Waals surface area contributed by atoms with Gasteiger partial charge in [-0.3, -0.25) is 5.14 Å². The Balaban J connectivity index is 1.89. The van der Waals surface area contributed by atoms with Crippen LogP contribution in [-0.2, 0) is 9.84 Å². The molecule has 2 aromatic rings. The summed E-state index contributed by atoms with van der Waals surface area (Å²) >= 11 is 0.929. The summed E-state index contributed by atoms with van der Waals surface area (Å²) < 4.78 is 26.0. The van der Waals surface area contributed by atoms with Gasteiger partial charge in [0.05, 0.1) is 20.6 Å². The van der Waals surface area contributed by atoms with Gasteiger partial charge in [0.15, 0.2) is 9.84 Å². The number of piperidine rings is 1. The fourth-order valence-electron chi connectivity index (χ4n) is 3.44. The van der Waals surface area contributed by atoms with Gasteiger partial charge >= 0.3 is 0 Å². The number of tetrazole rings is 1. The maximum absolute atomic E-state index is 13.0. The molecule has 4 rings (SSSR count). The molecule has 1 aromatic heterocycles. The van der Waals surface area contributed by atoms with Crippen LogP contribution in [-0.4, -0.2) is 60.5 Å². The second-order valence-corrected chi connectivity index (χ2v) is 9.35. The van der Waals surface area contributed by atoms with Crippen LogP contribution < -0.4 is 15.4 Å². The summed E-state index contributed by atoms with van der Waals surface area (Å²) in [6, 6.07) is 3.53. The van der Waals surface area contributed by atoms with Crippen molar-refractivity contribution in [2.75, 3.05) is 31.1 Å². The predicted molar refractivity (Wildman–Crippen MR) is 99.6 cm³/mol. The summed E-state index contributed by atoms with van der Waals surface area (Å²) in [6.45, 7) is 2.75. The lowest BCUT2D eigenvalue weighted by atomic mass is 10.1. The van der Waals surface area contributed by atoms with Gasteiger partial charge in [-0.15, -0.1) is 10.2 Å². The van der Waals surface area contributed by atoms with Gasteiger partial charge in [-0.25, -0.2) is 8.42 Å². The third-order valence-corrected chi connectivity index (χ3v) is 7.93. The van der Waals surface area contributed by atoms with E-state index in [1.807, 2.05) is 6.07 Å². The zero-order valence-electron chi connectivity index (χ0n) is 14.2. The number of anilines is 1. The molecule has 9 nitrogen and oxygen atoms in total. The molecule has 0 atom stereocenters. The first-order valence-corrected chi connectivity index (χ1v) is 11.0. The molecule has 2 fully saturated rings. The van der Waals surface area contributed by atoms with Crippen LogP contribution in [0.5, 0.6) is 0 Å². The van der Waals surface area contributed by atoms with Crippen LogP contribution in [0.4, 0.5) is 5.69 Å². The van der Waals surface area contributed by atoms with E-state index in [0.29, 0.717) is 29.4 Å². The van der Waals surface area contributed by atoms with Gasteiger partial charge in [0.25, 0.3) is 0 Å². The van der Waals surface area contributed by atoms with Crippen LogP contribution in [0, 0.1) is 0 Å². The fourth-order valence-corrected chi connectivity index (χ4v) is 6.08. The van der Waals surface area contributed by atoms with Crippen molar-refractivity contribution in [1.82, 2.24) is 25.9 Å². The van der Waals surface area contributed by atoms with Crippen molar-refractivity contribution in [3.63, 3.8) is 0 Å². The Bertz CT molecular complexity index is 876. The smallest absolute Gasteiger partial charge is 0.207 e. The van der Waals surface area contributed by atoms with E-state index >= 15 is 0 Å². The number of sulfone groups is 1.